The quantitative estimate of drug-likeness (QED) is 0.730. The molecule has 5 heteroatoms. The third-order valence-corrected chi connectivity index (χ3v) is 3.57. The summed E-state index contributed by atoms with van der Waals surface area (Å²) in [4.78, 5) is 0. The van der Waals surface area contributed by atoms with E-state index in [-0.39, 0.29) is 23.8 Å². The van der Waals surface area contributed by atoms with Crippen molar-refractivity contribution in [1.29, 1.82) is 0 Å². The summed E-state index contributed by atoms with van der Waals surface area (Å²) in [6.07, 6.45) is 5.16. The highest BCUT2D eigenvalue weighted by Gasteiger charge is 2.27. The largest absolute Gasteiger partial charge is 0.491 e. The minimum Gasteiger partial charge on any atom is -0.491 e. The predicted octanol–water partition coefficient (Wildman–Crippen LogP) is 4.38. The van der Waals surface area contributed by atoms with Gasteiger partial charge in [-0.1, -0.05) is 12.2 Å². The van der Waals surface area contributed by atoms with E-state index < -0.39 is 17.9 Å². The fourth-order valence-corrected chi connectivity index (χ4v) is 2.38. The van der Waals surface area contributed by atoms with Gasteiger partial charge in [-0.25, -0.2) is 4.39 Å². The smallest absolute Gasteiger partial charge is 0.201 e. The van der Waals surface area contributed by atoms with Gasteiger partial charge in [-0.3, -0.25) is 0 Å². The Morgan fingerprint density at radius 3 is 2.59 bits per heavy atom. The Kier molecular flexibility index (Phi) is 6.34. The first-order valence-electron chi connectivity index (χ1n) is 7.62. The second-order valence-corrected chi connectivity index (χ2v) is 5.22. The number of benzene rings is 1. The van der Waals surface area contributed by atoms with Crippen molar-refractivity contribution in [3.63, 3.8) is 0 Å². The van der Waals surface area contributed by atoms with Crippen molar-refractivity contribution in [1.82, 2.24) is 0 Å². The molecule has 0 spiro atoms. The lowest BCUT2D eigenvalue weighted by Crippen LogP contribution is -2.27. The molecule has 0 unspecified atom stereocenters. The monoisotopic (exact) mass is 312 g/mol. The number of hydrogen-bond acceptors (Lipinski definition) is 3. The summed E-state index contributed by atoms with van der Waals surface area (Å²) in [6, 6.07) is 2.86. The van der Waals surface area contributed by atoms with Gasteiger partial charge in [-0.15, -0.1) is 0 Å². The van der Waals surface area contributed by atoms with E-state index in [4.69, 9.17) is 14.2 Å². The van der Waals surface area contributed by atoms with Crippen LogP contribution in [0.5, 0.6) is 5.75 Å². The van der Waals surface area contributed by atoms with Crippen LogP contribution in [0.2, 0.25) is 0 Å². The molecule has 1 aromatic carbocycles. The first kappa shape index (κ1) is 16.9. The Balaban J connectivity index is 1.98. The number of allylic oxidation sites excluding steroid dienone is 2. The molecule has 2 rings (SSSR count). The van der Waals surface area contributed by atoms with Crippen LogP contribution in [0.15, 0.2) is 24.3 Å². The van der Waals surface area contributed by atoms with E-state index in [1.165, 1.54) is 12.1 Å². The lowest BCUT2D eigenvalue weighted by Gasteiger charge is -2.29. The van der Waals surface area contributed by atoms with Gasteiger partial charge in [0.15, 0.2) is 17.9 Å². The van der Waals surface area contributed by atoms with E-state index in [1.807, 2.05) is 13.0 Å². The number of rotatable bonds is 6. The van der Waals surface area contributed by atoms with Gasteiger partial charge in [0.05, 0.1) is 19.8 Å². The highest BCUT2D eigenvalue weighted by atomic mass is 19.2. The van der Waals surface area contributed by atoms with Gasteiger partial charge in [-0.2, -0.15) is 4.39 Å². The molecule has 0 bridgehead atoms. The zero-order valence-electron chi connectivity index (χ0n) is 13.0. The topological polar surface area (TPSA) is 27.7 Å². The molecule has 22 heavy (non-hydrogen) atoms. The average molecular weight is 312 g/mol. The van der Waals surface area contributed by atoms with Crippen LogP contribution < -0.4 is 4.74 Å². The minimum atomic E-state index is -0.998. The maximum atomic E-state index is 14.1. The van der Waals surface area contributed by atoms with Crippen LogP contribution in [0.3, 0.4) is 0 Å². The summed E-state index contributed by atoms with van der Waals surface area (Å²) in [5.41, 5.74) is 0.0767. The van der Waals surface area contributed by atoms with Crippen LogP contribution in [0, 0.1) is 17.6 Å². The van der Waals surface area contributed by atoms with Crippen molar-refractivity contribution >= 4 is 0 Å². The van der Waals surface area contributed by atoms with Crippen LogP contribution in [0.25, 0.3) is 0 Å². The first-order valence-corrected chi connectivity index (χ1v) is 7.62. The highest BCUT2D eigenvalue weighted by molar-refractivity contribution is 5.31. The maximum absolute atomic E-state index is 14.1. The van der Waals surface area contributed by atoms with Crippen molar-refractivity contribution in [3.8, 4) is 5.75 Å². The van der Waals surface area contributed by atoms with Crippen molar-refractivity contribution < 1.29 is 23.0 Å². The normalized spacial score (nSPS) is 22.2. The van der Waals surface area contributed by atoms with Crippen molar-refractivity contribution in [3.05, 3.63) is 41.5 Å². The Morgan fingerprint density at radius 2 is 1.95 bits per heavy atom. The molecule has 0 atom stereocenters. The van der Waals surface area contributed by atoms with Gasteiger partial charge in [0.25, 0.3) is 0 Å². The van der Waals surface area contributed by atoms with Crippen LogP contribution >= 0.6 is 0 Å². The van der Waals surface area contributed by atoms with Gasteiger partial charge >= 0.3 is 0 Å². The Hall–Kier alpha value is -1.46. The number of ether oxygens (including phenoxy) is 3. The summed E-state index contributed by atoms with van der Waals surface area (Å²) in [6.45, 7) is 4.94. The summed E-state index contributed by atoms with van der Waals surface area (Å²) < 4.78 is 44.1. The molecule has 1 heterocycles. The Bertz CT molecular complexity index is 509. The number of halogens is 2. The molecule has 1 saturated heterocycles. The van der Waals surface area contributed by atoms with Gasteiger partial charge in [-0.05, 0) is 38.8 Å². The van der Waals surface area contributed by atoms with Crippen LogP contribution in [-0.4, -0.2) is 19.8 Å². The minimum absolute atomic E-state index is 0.0767. The third kappa shape index (κ3) is 4.05. The van der Waals surface area contributed by atoms with Gasteiger partial charge < -0.3 is 14.2 Å². The highest BCUT2D eigenvalue weighted by Crippen LogP contribution is 2.32. The molecule has 0 saturated carbocycles. The number of hydrogen-bond donors (Lipinski definition) is 0. The Morgan fingerprint density at radius 1 is 1.23 bits per heavy atom. The third-order valence-electron chi connectivity index (χ3n) is 3.57. The summed E-state index contributed by atoms with van der Waals surface area (Å²) in [7, 11) is 0. The standard InChI is InChI=1S/C17H22F2O3/c1-3-5-6-7-12-10-21-17(22-11-12)13-8-9-14(20-4-2)16(19)15(13)18/h3,5,8-9,12,17H,4,6-7,10-11H2,1-2H3/b5-3+. The molecule has 0 amide bonds. The molecule has 0 aliphatic carbocycles. The second kappa shape index (κ2) is 8.25. The van der Waals surface area contributed by atoms with Crippen molar-refractivity contribution in [2.75, 3.05) is 19.8 Å². The summed E-state index contributed by atoms with van der Waals surface area (Å²) in [5.74, 6) is -1.78. The fraction of sp³-hybridized carbons (Fsp3) is 0.529. The van der Waals surface area contributed by atoms with Crippen LogP contribution in [0.4, 0.5) is 8.78 Å². The molecule has 0 radical (unpaired) electrons. The molecule has 122 valence electrons. The molecule has 0 aromatic heterocycles. The molecule has 0 N–H and O–H groups in total. The van der Waals surface area contributed by atoms with Crippen molar-refractivity contribution in [2.45, 2.75) is 33.0 Å². The van der Waals surface area contributed by atoms with Crippen LogP contribution in [0.1, 0.15) is 38.5 Å². The summed E-state index contributed by atoms with van der Waals surface area (Å²) >= 11 is 0. The predicted molar refractivity (Wildman–Crippen MR) is 79.7 cm³/mol. The van der Waals surface area contributed by atoms with Gasteiger partial charge in [0.1, 0.15) is 0 Å². The van der Waals surface area contributed by atoms with Gasteiger partial charge in [0.2, 0.25) is 5.82 Å². The molecule has 1 fully saturated rings. The molecule has 1 aliphatic heterocycles. The van der Waals surface area contributed by atoms with Gasteiger partial charge in [0, 0.05) is 11.5 Å². The first-order chi connectivity index (χ1) is 10.7. The van der Waals surface area contributed by atoms with E-state index in [1.54, 1.807) is 6.92 Å². The molecule has 1 aliphatic rings. The van der Waals surface area contributed by atoms with E-state index in [0.717, 1.165) is 12.8 Å². The SMILES string of the molecule is C/C=C/CCC1COC(c2ccc(OCC)c(F)c2F)OC1. The van der Waals surface area contributed by atoms with Crippen molar-refractivity contribution in [2.24, 2.45) is 5.92 Å². The van der Waals surface area contributed by atoms with Crippen LogP contribution in [-0.2, 0) is 9.47 Å². The lowest BCUT2D eigenvalue weighted by molar-refractivity contribution is -0.207. The summed E-state index contributed by atoms with van der Waals surface area (Å²) in [5, 5.41) is 0. The van der Waals surface area contributed by atoms with E-state index in [2.05, 4.69) is 6.08 Å². The maximum Gasteiger partial charge on any atom is 0.201 e. The van der Waals surface area contributed by atoms with E-state index in [9.17, 15) is 8.78 Å². The molecule has 1 aromatic rings. The zero-order valence-corrected chi connectivity index (χ0v) is 13.0. The Labute approximate surface area is 129 Å². The zero-order chi connectivity index (χ0) is 15.9. The average Bonchev–Trinajstić information content (AvgIpc) is 2.53. The molecular formula is C17H22F2O3. The van der Waals surface area contributed by atoms with E-state index in [0.29, 0.717) is 13.2 Å². The molecule has 3 nitrogen and oxygen atoms in total. The fourth-order valence-electron chi connectivity index (χ4n) is 2.38. The second-order valence-electron chi connectivity index (χ2n) is 5.22. The molecular weight excluding hydrogens is 290 g/mol. The van der Waals surface area contributed by atoms with E-state index >= 15 is 0 Å². The lowest BCUT2D eigenvalue weighted by atomic mass is 10.0.